The van der Waals surface area contributed by atoms with Gasteiger partial charge in [-0.25, -0.2) is 4.98 Å². The number of rotatable bonds is 3. The number of aromatic nitrogens is 3. The molecule has 112 valence electrons. The quantitative estimate of drug-likeness (QED) is 0.767. The van der Waals surface area contributed by atoms with Gasteiger partial charge in [-0.15, -0.1) is 11.3 Å². The lowest BCUT2D eigenvalue weighted by atomic mass is 10.2. The summed E-state index contributed by atoms with van der Waals surface area (Å²) in [6, 6.07) is 3.30. The maximum Gasteiger partial charge on any atom is 0.265 e. The first kappa shape index (κ1) is 14.2. The molecule has 0 aromatic carbocycles. The average Bonchev–Trinajstić information content (AvgIpc) is 3.05. The fourth-order valence-corrected chi connectivity index (χ4v) is 2.94. The highest BCUT2D eigenvalue weighted by Gasteiger charge is 2.13. The zero-order valence-corrected chi connectivity index (χ0v) is 12.8. The molecule has 0 spiro atoms. The minimum atomic E-state index is -0.552. The number of thiophene rings is 1. The number of anilines is 1. The van der Waals surface area contributed by atoms with E-state index in [4.69, 9.17) is 5.73 Å². The molecule has 0 radical (unpaired) electrons. The lowest BCUT2D eigenvalue weighted by Crippen LogP contribution is -2.12. The van der Waals surface area contributed by atoms with Crippen LogP contribution in [0.5, 0.6) is 0 Å². The highest BCUT2D eigenvalue weighted by molar-refractivity contribution is 7.12. The predicted octanol–water partition coefficient (Wildman–Crippen LogP) is 1.69. The van der Waals surface area contributed by atoms with Gasteiger partial charge in [-0.3, -0.25) is 14.3 Å². The molecule has 2 amide bonds. The van der Waals surface area contributed by atoms with Crippen molar-refractivity contribution in [3.8, 4) is 0 Å². The lowest BCUT2D eigenvalue weighted by Gasteiger charge is -2.03. The molecule has 3 rings (SSSR count). The van der Waals surface area contributed by atoms with Crippen LogP contribution in [-0.2, 0) is 7.05 Å². The minimum Gasteiger partial charge on any atom is -0.366 e. The SMILES string of the molecule is Cc1nn(C)c2ncc(NC(=O)c3cc(C(N)=O)cs3)cc12. The van der Waals surface area contributed by atoms with E-state index >= 15 is 0 Å². The number of carbonyl (C=O) groups excluding carboxylic acids is 2. The van der Waals surface area contributed by atoms with Crippen LogP contribution >= 0.6 is 11.3 Å². The summed E-state index contributed by atoms with van der Waals surface area (Å²) in [7, 11) is 1.82. The number of aryl methyl sites for hydroxylation is 2. The van der Waals surface area contributed by atoms with Crippen LogP contribution in [0.4, 0.5) is 5.69 Å². The Balaban J connectivity index is 1.87. The third-order valence-corrected chi connectivity index (χ3v) is 4.16. The Morgan fingerprint density at radius 3 is 2.82 bits per heavy atom. The monoisotopic (exact) mass is 315 g/mol. The van der Waals surface area contributed by atoms with Gasteiger partial charge >= 0.3 is 0 Å². The Kier molecular flexibility index (Phi) is 3.38. The summed E-state index contributed by atoms with van der Waals surface area (Å²) >= 11 is 1.17. The summed E-state index contributed by atoms with van der Waals surface area (Å²) < 4.78 is 1.69. The van der Waals surface area contributed by atoms with Crippen LogP contribution in [0.1, 0.15) is 25.7 Å². The van der Waals surface area contributed by atoms with E-state index in [2.05, 4.69) is 15.4 Å². The summed E-state index contributed by atoms with van der Waals surface area (Å²) in [5, 5.41) is 9.48. The first-order chi connectivity index (χ1) is 10.5. The zero-order valence-electron chi connectivity index (χ0n) is 12.0. The van der Waals surface area contributed by atoms with Crippen LogP contribution < -0.4 is 11.1 Å². The van der Waals surface area contributed by atoms with E-state index in [0.717, 1.165) is 16.7 Å². The number of fused-ring (bicyclic) bond motifs is 1. The Morgan fingerprint density at radius 1 is 1.36 bits per heavy atom. The van der Waals surface area contributed by atoms with Crippen molar-refractivity contribution < 1.29 is 9.59 Å². The van der Waals surface area contributed by atoms with Gasteiger partial charge in [-0.1, -0.05) is 0 Å². The Bertz CT molecular complexity index is 896. The van der Waals surface area contributed by atoms with E-state index in [-0.39, 0.29) is 5.91 Å². The molecule has 22 heavy (non-hydrogen) atoms. The van der Waals surface area contributed by atoms with Crippen LogP contribution in [-0.4, -0.2) is 26.6 Å². The molecular formula is C14H13N5O2S. The molecule has 0 bridgehead atoms. The molecule has 0 atom stereocenters. The summed E-state index contributed by atoms with van der Waals surface area (Å²) in [6.45, 7) is 1.88. The van der Waals surface area contributed by atoms with Crippen molar-refractivity contribution in [2.24, 2.45) is 12.8 Å². The van der Waals surface area contributed by atoms with E-state index in [9.17, 15) is 9.59 Å². The molecule has 0 saturated heterocycles. The second-order valence-electron chi connectivity index (χ2n) is 4.82. The number of hydrogen-bond donors (Lipinski definition) is 2. The molecule has 0 aliphatic rings. The maximum atomic E-state index is 12.2. The number of primary amides is 1. The molecule has 0 unspecified atom stereocenters. The van der Waals surface area contributed by atoms with Gasteiger partial charge in [-0.05, 0) is 19.1 Å². The number of amides is 2. The van der Waals surface area contributed by atoms with Gasteiger partial charge in [0.2, 0.25) is 5.91 Å². The summed E-state index contributed by atoms with van der Waals surface area (Å²) in [6.07, 6.45) is 1.57. The number of nitrogens with one attached hydrogen (secondary N) is 1. The fourth-order valence-electron chi connectivity index (χ4n) is 2.15. The lowest BCUT2D eigenvalue weighted by molar-refractivity contribution is 0.100. The van der Waals surface area contributed by atoms with E-state index < -0.39 is 5.91 Å². The van der Waals surface area contributed by atoms with Gasteiger partial charge in [0.15, 0.2) is 5.65 Å². The molecule has 3 N–H and O–H groups in total. The molecule has 0 aliphatic heterocycles. The van der Waals surface area contributed by atoms with Crippen molar-refractivity contribution in [1.82, 2.24) is 14.8 Å². The smallest absolute Gasteiger partial charge is 0.265 e. The first-order valence-electron chi connectivity index (χ1n) is 6.45. The number of hydrogen-bond acceptors (Lipinski definition) is 5. The fraction of sp³-hybridized carbons (Fsp3) is 0.143. The highest BCUT2D eigenvalue weighted by Crippen LogP contribution is 2.21. The standard InChI is InChI=1S/C14H13N5O2S/c1-7-10-4-9(5-16-13(10)19(2)18-7)17-14(21)11-3-8(6-22-11)12(15)20/h3-6H,1-2H3,(H2,15,20)(H,17,21). The molecule has 0 fully saturated rings. The summed E-state index contributed by atoms with van der Waals surface area (Å²) in [4.78, 5) is 27.9. The molecule has 3 aromatic heterocycles. The van der Waals surface area contributed by atoms with Gasteiger partial charge < -0.3 is 11.1 Å². The predicted molar refractivity (Wildman–Crippen MR) is 84.0 cm³/mol. The van der Waals surface area contributed by atoms with E-state index in [0.29, 0.717) is 16.1 Å². The highest BCUT2D eigenvalue weighted by atomic mass is 32.1. The zero-order chi connectivity index (χ0) is 15.9. The third-order valence-electron chi connectivity index (χ3n) is 3.23. The average molecular weight is 315 g/mol. The minimum absolute atomic E-state index is 0.305. The second kappa shape index (κ2) is 5.23. The third kappa shape index (κ3) is 2.44. The van der Waals surface area contributed by atoms with Crippen LogP contribution in [0.25, 0.3) is 11.0 Å². The van der Waals surface area contributed by atoms with Gasteiger partial charge in [0.05, 0.1) is 28.0 Å². The first-order valence-corrected chi connectivity index (χ1v) is 7.32. The summed E-state index contributed by atoms with van der Waals surface area (Å²) in [5.74, 6) is -0.857. The molecule has 3 heterocycles. The van der Waals surface area contributed by atoms with Crippen molar-refractivity contribution in [2.45, 2.75) is 6.92 Å². The second-order valence-corrected chi connectivity index (χ2v) is 5.73. The normalized spacial score (nSPS) is 10.8. The van der Waals surface area contributed by atoms with Crippen molar-refractivity contribution in [2.75, 3.05) is 5.32 Å². The van der Waals surface area contributed by atoms with Gasteiger partial charge in [0.1, 0.15) is 0 Å². The van der Waals surface area contributed by atoms with E-state index in [1.807, 2.05) is 20.0 Å². The van der Waals surface area contributed by atoms with Crippen LogP contribution in [0.3, 0.4) is 0 Å². The van der Waals surface area contributed by atoms with Gasteiger partial charge in [-0.2, -0.15) is 5.10 Å². The Hall–Kier alpha value is -2.74. The molecule has 7 nitrogen and oxygen atoms in total. The molecule has 3 aromatic rings. The number of nitrogens with zero attached hydrogens (tertiary/aromatic N) is 3. The number of carbonyl (C=O) groups is 2. The van der Waals surface area contributed by atoms with Crippen molar-refractivity contribution in [3.05, 3.63) is 39.8 Å². The van der Waals surface area contributed by atoms with Crippen molar-refractivity contribution >= 4 is 39.9 Å². The van der Waals surface area contributed by atoms with Crippen LogP contribution in [0, 0.1) is 6.92 Å². The van der Waals surface area contributed by atoms with E-state index in [1.165, 1.54) is 17.4 Å². The largest absolute Gasteiger partial charge is 0.366 e. The van der Waals surface area contributed by atoms with Crippen molar-refractivity contribution in [3.63, 3.8) is 0 Å². The molecular weight excluding hydrogens is 302 g/mol. The number of nitrogens with two attached hydrogens (primary N) is 1. The van der Waals surface area contributed by atoms with Crippen LogP contribution in [0.15, 0.2) is 23.7 Å². The molecule has 8 heteroatoms. The van der Waals surface area contributed by atoms with Crippen molar-refractivity contribution in [1.29, 1.82) is 0 Å². The van der Waals surface area contributed by atoms with E-state index in [1.54, 1.807) is 16.3 Å². The Labute approximate surface area is 129 Å². The van der Waals surface area contributed by atoms with Gasteiger partial charge in [0.25, 0.3) is 5.91 Å². The van der Waals surface area contributed by atoms with Gasteiger partial charge in [0, 0.05) is 17.8 Å². The van der Waals surface area contributed by atoms with Crippen LogP contribution in [0.2, 0.25) is 0 Å². The topological polar surface area (TPSA) is 103 Å². The Morgan fingerprint density at radius 2 is 2.14 bits per heavy atom. The number of pyridine rings is 1. The summed E-state index contributed by atoms with van der Waals surface area (Å²) in [5.41, 5.74) is 7.67. The molecule has 0 aliphatic carbocycles. The molecule has 0 saturated carbocycles. The maximum absolute atomic E-state index is 12.2.